The van der Waals surface area contributed by atoms with Crippen LogP contribution in [-0.2, 0) is 54.4 Å². The minimum atomic E-state index is -1.80. The number of benzene rings is 1. The molecule has 1 aromatic rings. The maximum absolute atomic E-state index is 14.2. The van der Waals surface area contributed by atoms with Crippen molar-refractivity contribution in [2.45, 2.75) is 159 Å². The summed E-state index contributed by atoms with van der Waals surface area (Å²) >= 11 is 1.37. The third-order valence-corrected chi connectivity index (χ3v) is 12.7. The van der Waals surface area contributed by atoms with Gasteiger partial charge in [0.15, 0.2) is 0 Å². The lowest BCUT2D eigenvalue weighted by Crippen LogP contribution is -2.62. The van der Waals surface area contributed by atoms with Crippen LogP contribution in [0.1, 0.15) is 98.0 Å². The highest BCUT2D eigenvalue weighted by Crippen LogP contribution is 2.21. The van der Waals surface area contributed by atoms with E-state index in [0.29, 0.717) is 37.0 Å². The molecule has 0 saturated carbocycles. The fourth-order valence-electron chi connectivity index (χ4n) is 7.95. The number of nitrogens with zero attached hydrogens (tertiary/aromatic N) is 1. The predicted octanol–water partition coefficient (Wildman–Crippen LogP) is -2.15. The van der Waals surface area contributed by atoms with Gasteiger partial charge in [0, 0.05) is 19.4 Å². The van der Waals surface area contributed by atoms with Crippen LogP contribution in [0.5, 0.6) is 0 Å². The maximum Gasteiger partial charge on any atom is 0.326 e. The number of likely N-dealkylation sites (tertiary alicyclic amines) is 1. The van der Waals surface area contributed by atoms with Gasteiger partial charge in [-0.1, -0.05) is 58.0 Å². The van der Waals surface area contributed by atoms with Gasteiger partial charge in [-0.2, -0.15) is 11.8 Å². The van der Waals surface area contributed by atoms with Crippen molar-refractivity contribution in [3.05, 3.63) is 35.9 Å². The number of aliphatic hydroxyl groups excluding tert-OH is 2. The standard InChI is InChI=1S/C48H78N10O14S/c1-26(2)23-30(50)47(70)58-21-12-16-36(58)44(67)54-34(24-29-13-8-7-9-14-29)42(65)52-32(17-18-37(61)62)41(64)51-31(15-10-11-20-49)40(63)55-35(25-59)43(66)57-39(28(5)60)46(69)56-38(27(3)4)45(68)53-33(48(71)72)19-22-73-6/h7-9,13-14,26-28,30-36,38-39,59-60H,10-12,15-25,49-50H2,1-6H3,(H,51,64)(H,52,65)(H,53,68)(H,54,67)(H,55,63)(H,56,69)(H,57,66)(H,61,62)(H,71,72)/t28-,30+,31+,32+,33+,34+,35+,36+,38+,39+/m1/s1. The van der Waals surface area contributed by atoms with Crippen LogP contribution in [0.3, 0.4) is 0 Å². The molecule has 73 heavy (non-hydrogen) atoms. The molecule has 8 amide bonds. The molecule has 0 unspecified atom stereocenters. The summed E-state index contributed by atoms with van der Waals surface area (Å²) in [4.78, 5) is 135. The van der Waals surface area contributed by atoms with E-state index in [2.05, 4.69) is 37.2 Å². The molecular weight excluding hydrogens is 973 g/mol. The summed E-state index contributed by atoms with van der Waals surface area (Å²) in [5.41, 5.74) is 12.5. The highest BCUT2D eigenvalue weighted by atomic mass is 32.2. The van der Waals surface area contributed by atoms with Crippen molar-refractivity contribution < 1.29 is 68.4 Å². The van der Waals surface area contributed by atoms with Crippen molar-refractivity contribution in [2.75, 3.05) is 31.7 Å². The molecule has 1 heterocycles. The number of hydrogen-bond donors (Lipinski definition) is 13. The average Bonchev–Trinajstić information content (AvgIpc) is 3.83. The Hall–Kier alpha value is -5.89. The Labute approximate surface area is 430 Å². The van der Waals surface area contributed by atoms with Crippen molar-refractivity contribution in [1.29, 1.82) is 0 Å². The number of carbonyl (C=O) groups excluding carboxylic acids is 8. The number of hydrogen-bond acceptors (Lipinski definition) is 15. The van der Waals surface area contributed by atoms with Gasteiger partial charge in [0.2, 0.25) is 47.3 Å². The Morgan fingerprint density at radius 1 is 0.699 bits per heavy atom. The van der Waals surface area contributed by atoms with E-state index in [0.717, 1.165) is 6.92 Å². The van der Waals surface area contributed by atoms with E-state index >= 15 is 0 Å². The normalized spacial score (nSPS) is 17.1. The number of carboxylic acid groups (broad SMARTS) is 2. The molecule has 0 bridgehead atoms. The van der Waals surface area contributed by atoms with Crippen molar-refractivity contribution >= 4 is 71.0 Å². The predicted molar refractivity (Wildman–Crippen MR) is 270 cm³/mol. The first-order valence-corrected chi connectivity index (χ1v) is 26.0. The molecule has 0 radical (unpaired) electrons. The third-order valence-electron chi connectivity index (χ3n) is 12.0. The summed E-state index contributed by atoms with van der Waals surface area (Å²) in [6.07, 6.45) is 0.779. The number of aliphatic carboxylic acids is 2. The number of unbranched alkanes of at least 4 members (excludes halogenated alkanes) is 1. The van der Waals surface area contributed by atoms with Crippen LogP contribution in [0, 0.1) is 11.8 Å². The lowest BCUT2D eigenvalue weighted by atomic mass is 10.0. The molecule has 0 aliphatic carbocycles. The number of amides is 8. The zero-order valence-electron chi connectivity index (χ0n) is 42.6. The lowest BCUT2D eigenvalue weighted by molar-refractivity contribution is -0.143. The van der Waals surface area contributed by atoms with E-state index in [9.17, 15) is 68.4 Å². The topological polar surface area (TPSA) is 391 Å². The largest absolute Gasteiger partial charge is 0.481 e. The summed E-state index contributed by atoms with van der Waals surface area (Å²) in [6, 6.07) is -3.77. The van der Waals surface area contributed by atoms with Gasteiger partial charge in [-0.05, 0) is 94.2 Å². The molecule has 410 valence electrons. The number of thioether (sulfide) groups is 1. The third kappa shape index (κ3) is 21.6. The maximum atomic E-state index is 14.2. The molecule has 1 aliphatic rings. The van der Waals surface area contributed by atoms with Gasteiger partial charge in [0.1, 0.15) is 48.3 Å². The monoisotopic (exact) mass is 1050 g/mol. The Morgan fingerprint density at radius 2 is 1.25 bits per heavy atom. The van der Waals surface area contributed by atoms with Crippen molar-refractivity contribution in [3.8, 4) is 0 Å². The Morgan fingerprint density at radius 3 is 1.78 bits per heavy atom. The summed E-state index contributed by atoms with van der Waals surface area (Å²) < 4.78 is 0. The molecule has 10 atom stereocenters. The van der Waals surface area contributed by atoms with Gasteiger partial charge in [-0.3, -0.25) is 43.2 Å². The number of rotatable bonds is 33. The molecule has 1 fully saturated rings. The summed E-state index contributed by atoms with van der Waals surface area (Å²) in [6.45, 7) is 7.54. The first kappa shape index (κ1) is 63.2. The van der Waals surface area contributed by atoms with Crippen molar-refractivity contribution in [1.82, 2.24) is 42.1 Å². The van der Waals surface area contributed by atoms with E-state index in [1.807, 2.05) is 13.8 Å². The average molecular weight is 1050 g/mol. The molecule has 24 nitrogen and oxygen atoms in total. The number of carbonyl (C=O) groups is 10. The van der Waals surface area contributed by atoms with Crippen LogP contribution in [-0.4, -0.2) is 177 Å². The second-order valence-electron chi connectivity index (χ2n) is 18.9. The van der Waals surface area contributed by atoms with Crippen LogP contribution in [0.25, 0.3) is 0 Å². The second-order valence-corrected chi connectivity index (χ2v) is 19.9. The highest BCUT2D eigenvalue weighted by Gasteiger charge is 2.39. The number of carboxylic acids is 2. The fraction of sp³-hybridized carbons (Fsp3) is 0.667. The van der Waals surface area contributed by atoms with Gasteiger partial charge in [0.25, 0.3) is 0 Å². The fourth-order valence-corrected chi connectivity index (χ4v) is 8.42. The molecule has 15 N–H and O–H groups in total. The quantitative estimate of drug-likeness (QED) is 0.0334. The Bertz CT molecular complexity index is 2010. The minimum Gasteiger partial charge on any atom is -0.481 e. The lowest BCUT2D eigenvalue weighted by Gasteiger charge is -2.30. The molecule has 1 aromatic carbocycles. The van der Waals surface area contributed by atoms with Gasteiger partial charge in [0.05, 0.1) is 18.8 Å². The molecule has 1 saturated heterocycles. The number of nitrogens with two attached hydrogens (primary N) is 2. The molecule has 0 spiro atoms. The first-order chi connectivity index (χ1) is 34.4. The summed E-state index contributed by atoms with van der Waals surface area (Å²) in [5.74, 6) is -9.70. The summed E-state index contributed by atoms with van der Waals surface area (Å²) in [7, 11) is 0. The van der Waals surface area contributed by atoms with Gasteiger partial charge >= 0.3 is 11.9 Å². The van der Waals surface area contributed by atoms with E-state index < -0.39 is 145 Å². The SMILES string of the molecule is CSCC[C@H](NC(=O)[C@@H](NC(=O)[C@@H](NC(=O)[C@H](CO)NC(=O)[C@H](CCCCN)NC(=O)[C@H](CCC(=O)O)NC(=O)[C@H](Cc1ccccc1)NC(=O)[C@@H]1CCCN1C(=O)[C@@H](N)CC(C)C)[C@@H](C)O)C(C)C)C(=O)O. The number of nitrogens with one attached hydrogen (secondary N) is 7. The van der Waals surface area contributed by atoms with E-state index in [-0.39, 0.29) is 44.7 Å². The molecule has 1 aliphatic heterocycles. The minimum absolute atomic E-state index is 0.0785. The van der Waals surface area contributed by atoms with Crippen LogP contribution in [0.2, 0.25) is 0 Å². The van der Waals surface area contributed by atoms with Crippen LogP contribution < -0.4 is 48.7 Å². The molecule has 0 aromatic heterocycles. The highest BCUT2D eigenvalue weighted by molar-refractivity contribution is 7.98. The van der Waals surface area contributed by atoms with Gasteiger partial charge in [-0.25, -0.2) is 4.79 Å². The molecular formula is C48H78N10O14S. The van der Waals surface area contributed by atoms with Gasteiger partial charge < -0.3 is 74.0 Å². The van der Waals surface area contributed by atoms with Crippen molar-refractivity contribution in [3.63, 3.8) is 0 Å². The van der Waals surface area contributed by atoms with Crippen molar-refractivity contribution in [2.24, 2.45) is 23.3 Å². The van der Waals surface area contributed by atoms with Gasteiger partial charge in [-0.15, -0.1) is 0 Å². The Balaban J connectivity index is 2.36. The first-order valence-electron chi connectivity index (χ1n) is 24.6. The summed E-state index contributed by atoms with van der Waals surface area (Å²) in [5, 5.41) is 57.2. The zero-order valence-corrected chi connectivity index (χ0v) is 43.4. The van der Waals surface area contributed by atoms with E-state index in [1.54, 1.807) is 50.4 Å². The van der Waals surface area contributed by atoms with Crippen LogP contribution in [0.4, 0.5) is 0 Å². The van der Waals surface area contributed by atoms with Crippen LogP contribution in [0.15, 0.2) is 30.3 Å². The number of aliphatic hydroxyl groups is 2. The van der Waals surface area contributed by atoms with E-state index in [1.165, 1.54) is 16.7 Å². The van der Waals surface area contributed by atoms with Crippen LogP contribution >= 0.6 is 11.8 Å². The molecule has 25 heteroatoms. The smallest absolute Gasteiger partial charge is 0.326 e. The molecule has 2 rings (SSSR count). The zero-order chi connectivity index (χ0) is 54.9. The van der Waals surface area contributed by atoms with E-state index in [4.69, 9.17) is 11.5 Å². The Kier molecular flexibility index (Phi) is 28.0. The second kappa shape index (κ2) is 32.3.